The number of anilines is 1. The number of rotatable bonds is 29. The molecule has 0 saturated carbocycles. The summed E-state index contributed by atoms with van der Waals surface area (Å²) in [4.78, 5) is 42.8. The van der Waals surface area contributed by atoms with Gasteiger partial charge in [0.1, 0.15) is 11.2 Å². The number of fused-ring (bicyclic) bond motifs is 3. The number of carbonyl (C=O) groups is 2. The third-order valence-corrected chi connectivity index (χ3v) is 14.0. The Morgan fingerprint density at radius 3 is 2.31 bits per heavy atom. The Balaban J connectivity index is 0.867. The number of nitrogens with zero attached hydrogens (tertiary/aromatic N) is 6. The van der Waals surface area contributed by atoms with Crippen molar-refractivity contribution >= 4 is 52.1 Å². The normalized spacial score (nSPS) is 16.3. The molecule has 2 saturated heterocycles. The van der Waals surface area contributed by atoms with Gasteiger partial charge in [-0.1, -0.05) is 11.6 Å². The number of unbranched alkanes of at least 4 members (excludes halogenated alkanes) is 2. The molecule has 0 atom stereocenters. The first-order valence-corrected chi connectivity index (χ1v) is 25.1. The van der Waals surface area contributed by atoms with Crippen molar-refractivity contribution in [2.24, 2.45) is 5.14 Å². The first kappa shape index (κ1) is 45.4. The second kappa shape index (κ2) is 24.3. The number of likely N-dealkylation sites (tertiary alicyclic amines) is 2. The summed E-state index contributed by atoms with van der Waals surface area (Å²) in [6.45, 7) is 9.69. The van der Waals surface area contributed by atoms with Gasteiger partial charge in [0, 0.05) is 50.4 Å². The molecular weight excluding hydrogens is 897 g/mol. The molecule has 3 aliphatic heterocycles. The van der Waals surface area contributed by atoms with E-state index in [0.717, 1.165) is 71.0 Å². The molecule has 58 heavy (non-hydrogen) atoms. The van der Waals surface area contributed by atoms with E-state index in [2.05, 4.69) is 14.5 Å². The van der Waals surface area contributed by atoms with Gasteiger partial charge in [0.25, 0.3) is 0 Å². The molecule has 1 spiro atoms. The van der Waals surface area contributed by atoms with Crippen molar-refractivity contribution in [1.29, 1.82) is 0 Å². The van der Waals surface area contributed by atoms with Crippen LogP contribution in [0, 0.1) is 0 Å². The molecular formula is C41H60ClIN7O7S-. The molecule has 0 unspecified atom stereocenters. The average molecular weight is 957 g/mol. The zero-order chi connectivity index (χ0) is 40.4. The first-order chi connectivity index (χ1) is 28.5. The molecule has 322 valence electrons. The van der Waals surface area contributed by atoms with Gasteiger partial charge in [-0.05, 0) is 68.6 Å². The van der Waals surface area contributed by atoms with E-state index in [4.69, 9.17) is 45.4 Å². The van der Waals surface area contributed by atoms with Gasteiger partial charge in [-0.2, -0.15) is 0 Å². The van der Waals surface area contributed by atoms with Crippen LogP contribution in [0.1, 0.15) is 56.3 Å². The van der Waals surface area contributed by atoms with Crippen LogP contribution in [0.2, 0.25) is 5.02 Å². The van der Waals surface area contributed by atoms with E-state index in [1.165, 1.54) is 42.1 Å². The van der Waals surface area contributed by atoms with Crippen molar-refractivity contribution in [1.82, 2.24) is 24.3 Å². The molecule has 2 fully saturated rings. The molecule has 14 nitrogen and oxygen atoms in total. The van der Waals surface area contributed by atoms with E-state index >= 15 is 0 Å². The van der Waals surface area contributed by atoms with Crippen molar-refractivity contribution in [3.8, 4) is 0 Å². The van der Waals surface area contributed by atoms with Gasteiger partial charge >= 0.3 is 131 Å². The Labute approximate surface area is 362 Å². The second-order valence-electron chi connectivity index (χ2n) is 14.9. The Kier molecular flexibility index (Phi) is 19.1. The number of imidazole rings is 1. The zero-order valence-corrected chi connectivity index (χ0v) is 37.4. The minimum atomic E-state index is -0.745. The van der Waals surface area contributed by atoms with Crippen LogP contribution in [0.25, 0.3) is 11.0 Å². The second-order valence-corrected chi connectivity index (χ2v) is 18.8. The fourth-order valence-corrected chi connectivity index (χ4v) is 10.3. The summed E-state index contributed by atoms with van der Waals surface area (Å²) >= 11 is 7.93. The van der Waals surface area contributed by atoms with Gasteiger partial charge in [0.05, 0.1) is 36.1 Å². The fourth-order valence-electron chi connectivity index (χ4n) is 7.71. The summed E-state index contributed by atoms with van der Waals surface area (Å²) in [6, 6.07) is 7.67. The molecule has 6 rings (SSSR count). The summed E-state index contributed by atoms with van der Waals surface area (Å²) in [5.74, 6) is 1.94. The van der Waals surface area contributed by atoms with E-state index in [-0.39, 0.29) is 33.0 Å². The quantitative estimate of drug-likeness (QED) is 0.0466. The molecule has 0 aliphatic carbocycles. The zero-order valence-electron chi connectivity index (χ0n) is 33.6. The number of ether oxygens (including phenoxy) is 5. The molecule has 2 aromatic heterocycles. The standard InChI is InChI=1S/C41H60ClIN7O7S/c42-33-7-8-36-35(27-33)46-38(29-50-37-28-45-12-9-34(37)41(40(50)52)30-48(31-41)39(51)10-16-47-13-2-3-14-47)49(36)15-4-5-17-53-18-19-54-20-21-55-22-23-56-24-25-57-32-43-11-1-6-26-58-44/h7-9,12,27-28H,1-6,10-11,13-26,29-32,44H2/q-1. The SMILES string of the molecule is NSCCCC[I-]COCCOCCOCCOCCOCCCCn1c(CN2C(=O)C3(CN(C(=O)CCN4CCCC4)C3)c3ccncc32)nc2cc(Cl)ccc21. The summed E-state index contributed by atoms with van der Waals surface area (Å²) in [5, 5.41) is 6.06. The van der Waals surface area contributed by atoms with E-state index in [0.29, 0.717) is 97.1 Å². The van der Waals surface area contributed by atoms with E-state index in [1.54, 1.807) is 12.4 Å². The van der Waals surface area contributed by atoms with Crippen molar-refractivity contribution in [2.75, 3.05) is 112 Å². The van der Waals surface area contributed by atoms with Crippen LogP contribution in [0.4, 0.5) is 5.69 Å². The number of benzene rings is 1. The monoisotopic (exact) mass is 956 g/mol. The smallest absolute Gasteiger partial charge is 0.379 e. The molecule has 17 heteroatoms. The predicted molar refractivity (Wildman–Crippen MR) is 223 cm³/mol. The van der Waals surface area contributed by atoms with E-state index < -0.39 is 5.41 Å². The summed E-state index contributed by atoms with van der Waals surface area (Å²) in [5.41, 5.74) is 2.75. The number of hydrogen-bond donors (Lipinski definition) is 1. The fraction of sp³-hybridized carbons (Fsp3) is 0.659. The molecule has 3 aromatic rings. The predicted octanol–water partition coefficient (Wildman–Crippen LogP) is 1.49. The Hall–Kier alpha value is -2.13. The van der Waals surface area contributed by atoms with E-state index in [1.807, 2.05) is 34.1 Å². The molecule has 0 radical (unpaired) electrons. The van der Waals surface area contributed by atoms with Gasteiger partial charge in [0.2, 0.25) is 11.8 Å². The Morgan fingerprint density at radius 2 is 1.59 bits per heavy atom. The van der Waals surface area contributed by atoms with Crippen LogP contribution < -0.4 is 31.2 Å². The van der Waals surface area contributed by atoms with Crippen molar-refractivity contribution < 1.29 is 54.5 Å². The maximum absolute atomic E-state index is 14.3. The van der Waals surface area contributed by atoms with Crippen LogP contribution in [0.3, 0.4) is 0 Å². The summed E-state index contributed by atoms with van der Waals surface area (Å²) < 4.78 is 32.7. The minimum absolute atomic E-state index is 0.0000469. The maximum atomic E-state index is 14.3. The van der Waals surface area contributed by atoms with Gasteiger partial charge in [-0.3, -0.25) is 14.6 Å². The van der Waals surface area contributed by atoms with Crippen molar-refractivity contribution in [2.45, 2.75) is 63.5 Å². The Bertz CT molecular complexity index is 1730. The topological polar surface area (TPSA) is 147 Å². The number of pyridine rings is 1. The van der Waals surface area contributed by atoms with Crippen LogP contribution in [-0.4, -0.2) is 143 Å². The number of nitrogens with two attached hydrogens (primary N) is 1. The number of alkyl halides is 2. The van der Waals surface area contributed by atoms with Crippen LogP contribution >= 0.6 is 23.5 Å². The number of amides is 2. The molecule has 1 aromatic carbocycles. The molecule has 3 aliphatic rings. The summed E-state index contributed by atoms with van der Waals surface area (Å²) in [6.07, 6.45) is 10.6. The van der Waals surface area contributed by atoms with Crippen molar-refractivity contribution in [3.63, 3.8) is 0 Å². The number of halogens is 2. The van der Waals surface area contributed by atoms with Gasteiger partial charge in [0.15, 0.2) is 0 Å². The van der Waals surface area contributed by atoms with Gasteiger partial charge in [-0.15, -0.1) is 0 Å². The molecule has 2 amide bonds. The minimum Gasteiger partial charge on any atom is -0.379 e. The van der Waals surface area contributed by atoms with Gasteiger partial charge in [-0.25, -0.2) is 4.98 Å². The van der Waals surface area contributed by atoms with Crippen LogP contribution in [0.5, 0.6) is 0 Å². The van der Waals surface area contributed by atoms with Gasteiger partial charge < -0.3 is 24.0 Å². The van der Waals surface area contributed by atoms with Crippen LogP contribution in [-0.2, 0) is 51.8 Å². The number of hydrogen-bond acceptors (Lipinski definition) is 12. The Morgan fingerprint density at radius 1 is 0.879 bits per heavy atom. The molecule has 2 N–H and O–H groups in total. The number of aryl methyl sites for hydroxylation is 1. The van der Waals surface area contributed by atoms with Crippen LogP contribution in [0.15, 0.2) is 36.7 Å². The van der Waals surface area contributed by atoms with E-state index in [9.17, 15) is 9.59 Å². The third-order valence-electron chi connectivity index (χ3n) is 10.8. The molecule has 0 bridgehead atoms. The van der Waals surface area contributed by atoms with Crippen molar-refractivity contribution in [3.05, 3.63) is 53.1 Å². The summed E-state index contributed by atoms with van der Waals surface area (Å²) in [7, 11) is 0. The molecule has 5 heterocycles. The third kappa shape index (κ3) is 12.7. The first-order valence-electron chi connectivity index (χ1n) is 20.7. The number of aromatic nitrogens is 3. The average Bonchev–Trinajstić information content (AvgIpc) is 3.92. The number of carbonyl (C=O) groups excluding carboxylic acids is 2.